The third-order valence-electron chi connectivity index (χ3n) is 5.02. The van der Waals surface area contributed by atoms with Gasteiger partial charge in [-0.3, -0.25) is 4.79 Å². The van der Waals surface area contributed by atoms with Crippen LogP contribution in [0.5, 0.6) is 5.75 Å². The van der Waals surface area contributed by atoms with Crippen LogP contribution < -0.4 is 19.7 Å². The zero-order chi connectivity index (χ0) is 23.8. The predicted molar refractivity (Wildman–Crippen MR) is 131 cm³/mol. The maximum atomic E-state index is 12.9. The van der Waals surface area contributed by atoms with Gasteiger partial charge >= 0.3 is 0 Å². The standard InChI is InChI=1S/C24H26ClN3O4S/c1-28(21-6-4-3-5-7-21)15-14-26-24(29)19-10-13-22(32-2)23(16-19)33(30,31)27-17-18-8-11-20(25)12-9-18/h3-13,16,27H,14-15,17H2,1-2H3,(H,26,29). The zero-order valence-electron chi connectivity index (χ0n) is 18.4. The molecular formula is C24H26ClN3O4S. The largest absolute Gasteiger partial charge is 0.495 e. The van der Waals surface area contributed by atoms with Crippen LogP contribution in [0, 0.1) is 0 Å². The first-order chi connectivity index (χ1) is 15.8. The van der Waals surface area contributed by atoms with Crippen LogP contribution in [0.1, 0.15) is 15.9 Å². The molecule has 174 valence electrons. The zero-order valence-corrected chi connectivity index (χ0v) is 20.0. The van der Waals surface area contributed by atoms with E-state index in [2.05, 4.69) is 10.0 Å². The van der Waals surface area contributed by atoms with Crippen molar-refractivity contribution < 1.29 is 17.9 Å². The summed E-state index contributed by atoms with van der Waals surface area (Å²) in [6.45, 7) is 1.07. The summed E-state index contributed by atoms with van der Waals surface area (Å²) in [7, 11) is -0.615. The van der Waals surface area contributed by atoms with Crippen molar-refractivity contribution in [3.63, 3.8) is 0 Å². The monoisotopic (exact) mass is 487 g/mol. The number of benzene rings is 3. The fourth-order valence-electron chi connectivity index (χ4n) is 3.14. The Bertz CT molecular complexity index is 1190. The molecule has 33 heavy (non-hydrogen) atoms. The van der Waals surface area contributed by atoms with Crippen molar-refractivity contribution in [2.24, 2.45) is 0 Å². The van der Waals surface area contributed by atoms with Gasteiger partial charge in [0.15, 0.2) is 0 Å². The molecule has 0 aliphatic heterocycles. The summed E-state index contributed by atoms with van der Waals surface area (Å²) >= 11 is 5.87. The second-order valence-corrected chi connectivity index (χ2v) is 9.50. The fourth-order valence-corrected chi connectivity index (χ4v) is 4.47. The molecule has 2 N–H and O–H groups in total. The van der Waals surface area contributed by atoms with Gasteiger partial charge in [0, 0.05) is 43.0 Å². The van der Waals surface area contributed by atoms with Crippen molar-refractivity contribution in [2.75, 3.05) is 32.1 Å². The van der Waals surface area contributed by atoms with Crippen LogP contribution in [0.4, 0.5) is 5.69 Å². The molecule has 0 spiro atoms. The van der Waals surface area contributed by atoms with E-state index >= 15 is 0 Å². The number of sulfonamides is 1. The molecule has 0 bridgehead atoms. The molecule has 0 saturated carbocycles. The number of hydrogen-bond acceptors (Lipinski definition) is 5. The molecule has 0 unspecified atom stereocenters. The smallest absolute Gasteiger partial charge is 0.251 e. The Labute approximate surface area is 199 Å². The minimum Gasteiger partial charge on any atom is -0.495 e. The molecule has 9 heteroatoms. The van der Waals surface area contributed by atoms with E-state index in [0.29, 0.717) is 18.1 Å². The van der Waals surface area contributed by atoms with E-state index < -0.39 is 10.0 Å². The molecule has 3 rings (SSSR count). The van der Waals surface area contributed by atoms with E-state index in [0.717, 1.165) is 11.3 Å². The van der Waals surface area contributed by atoms with Crippen LogP contribution in [0.25, 0.3) is 0 Å². The van der Waals surface area contributed by atoms with E-state index in [4.69, 9.17) is 16.3 Å². The van der Waals surface area contributed by atoms with E-state index in [1.807, 2.05) is 42.3 Å². The summed E-state index contributed by atoms with van der Waals surface area (Å²) in [4.78, 5) is 14.6. The minimum atomic E-state index is -3.93. The Morgan fingerprint density at radius 2 is 1.73 bits per heavy atom. The van der Waals surface area contributed by atoms with Gasteiger partial charge in [0.25, 0.3) is 5.91 Å². The lowest BCUT2D eigenvalue weighted by Gasteiger charge is -2.19. The van der Waals surface area contributed by atoms with Gasteiger partial charge < -0.3 is 15.0 Å². The number of para-hydroxylation sites is 1. The maximum absolute atomic E-state index is 12.9. The second kappa shape index (κ2) is 11.2. The number of ether oxygens (including phenoxy) is 1. The Morgan fingerprint density at radius 3 is 2.39 bits per heavy atom. The van der Waals surface area contributed by atoms with Crippen molar-refractivity contribution in [1.29, 1.82) is 0 Å². The fraction of sp³-hybridized carbons (Fsp3) is 0.208. The van der Waals surface area contributed by atoms with Crippen LogP contribution in [-0.2, 0) is 16.6 Å². The van der Waals surface area contributed by atoms with E-state index in [1.165, 1.54) is 25.3 Å². The van der Waals surface area contributed by atoms with E-state index in [9.17, 15) is 13.2 Å². The molecule has 0 aliphatic rings. The molecule has 1 amide bonds. The van der Waals surface area contributed by atoms with E-state index in [-0.39, 0.29) is 28.7 Å². The highest BCUT2D eigenvalue weighted by Gasteiger charge is 2.21. The van der Waals surface area contributed by atoms with Crippen molar-refractivity contribution in [2.45, 2.75) is 11.4 Å². The van der Waals surface area contributed by atoms with Crippen LogP contribution in [0.3, 0.4) is 0 Å². The molecular weight excluding hydrogens is 462 g/mol. The van der Waals surface area contributed by atoms with Gasteiger partial charge in [0.05, 0.1) is 7.11 Å². The SMILES string of the molecule is COc1ccc(C(=O)NCCN(C)c2ccccc2)cc1S(=O)(=O)NCc1ccc(Cl)cc1. The first-order valence-corrected chi connectivity index (χ1v) is 12.1. The Morgan fingerprint density at radius 1 is 1.03 bits per heavy atom. The van der Waals surface area contributed by atoms with Gasteiger partial charge in [-0.1, -0.05) is 41.9 Å². The van der Waals surface area contributed by atoms with Gasteiger partial charge in [-0.25, -0.2) is 13.1 Å². The lowest BCUT2D eigenvalue weighted by molar-refractivity contribution is 0.0954. The Hall–Kier alpha value is -3.07. The molecule has 0 atom stereocenters. The molecule has 0 fully saturated rings. The summed E-state index contributed by atoms with van der Waals surface area (Å²) in [5.41, 5.74) is 2.01. The quantitative estimate of drug-likeness (QED) is 0.455. The first-order valence-electron chi connectivity index (χ1n) is 10.3. The Balaban J connectivity index is 1.67. The number of methoxy groups -OCH3 is 1. The maximum Gasteiger partial charge on any atom is 0.251 e. The summed E-state index contributed by atoms with van der Waals surface area (Å²) < 4.78 is 33.6. The van der Waals surface area contributed by atoms with Crippen molar-refractivity contribution in [3.8, 4) is 5.75 Å². The third-order valence-corrected chi connectivity index (χ3v) is 6.70. The lowest BCUT2D eigenvalue weighted by Crippen LogP contribution is -2.33. The van der Waals surface area contributed by atoms with Gasteiger partial charge in [0.1, 0.15) is 10.6 Å². The Kier molecular flexibility index (Phi) is 8.32. The lowest BCUT2D eigenvalue weighted by atomic mass is 10.2. The number of nitrogens with one attached hydrogen (secondary N) is 2. The molecule has 7 nitrogen and oxygen atoms in total. The number of nitrogens with zero attached hydrogens (tertiary/aromatic N) is 1. The number of likely N-dealkylation sites (N-methyl/N-ethyl adjacent to an activating group) is 1. The number of rotatable bonds is 10. The average molecular weight is 488 g/mol. The highest BCUT2D eigenvalue weighted by Crippen LogP contribution is 2.25. The molecule has 0 heterocycles. The van der Waals surface area contributed by atoms with Crippen LogP contribution in [-0.4, -0.2) is 41.6 Å². The third kappa shape index (κ3) is 6.71. The van der Waals surface area contributed by atoms with Gasteiger partial charge in [-0.05, 0) is 48.0 Å². The van der Waals surface area contributed by atoms with Crippen molar-refractivity contribution >= 4 is 33.2 Å². The molecule has 0 saturated heterocycles. The number of amides is 1. The predicted octanol–water partition coefficient (Wildman–Crippen LogP) is 3.69. The summed E-state index contributed by atoms with van der Waals surface area (Å²) in [5.74, 6) is -0.216. The summed E-state index contributed by atoms with van der Waals surface area (Å²) in [6.07, 6.45) is 0. The van der Waals surface area contributed by atoms with Crippen molar-refractivity contribution in [3.05, 3.63) is 88.9 Å². The number of halogens is 1. The summed E-state index contributed by atoms with van der Waals surface area (Å²) in [6, 6.07) is 21.0. The minimum absolute atomic E-state index is 0.0743. The van der Waals surface area contributed by atoms with E-state index in [1.54, 1.807) is 24.3 Å². The average Bonchev–Trinajstić information content (AvgIpc) is 2.83. The highest BCUT2D eigenvalue weighted by atomic mass is 35.5. The molecule has 0 aromatic heterocycles. The van der Waals surface area contributed by atoms with Gasteiger partial charge in [0.2, 0.25) is 10.0 Å². The van der Waals surface area contributed by atoms with Gasteiger partial charge in [-0.2, -0.15) is 0 Å². The topological polar surface area (TPSA) is 87.7 Å². The normalized spacial score (nSPS) is 11.1. The van der Waals surface area contributed by atoms with Gasteiger partial charge in [-0.15, -0.1) is 0 Å². The van der Waals surface area contributed by atoms with Crippen LogP contribution in [0.15, 0.2) is 77.7 Å². The number of hydrogen-bond donors (Lipinski definition) is 2. The number of carbonyl (C=O) groups excluding carboxylic acids is 1. The molecule has 3 aromatic carbocycles. The van der Waals surface area contributed by atoms with Crippen molar-refractivity contribution in [1.82, 2.24) is 10.0 Å². The van der Waals surface area contributed by atoms with Crippen LogP contribution in [0.2, 0.25) is 5.02 Å². The number of carbonyl (C=O) groups is 1. The van der Waals surface area contributed by atoms with Crippen LogP contribution >= 0.6 is 11.6 Å². The molecule has 0 aliphatic carbocycles. The summed E-state index contributed by atoms with van der Waals surface area (Å²) in [5, 5.41) is 3.40. The molecule has 3 aromatic rings. The first kappa shape index (κ1) is 24.6. The highest BCUT2D eigenvalue weighted by molar-refractivity contribution is 7.89. The second-order valence-electron chi connectivity index (χ2n) is 7.33. The number of anilines is 1. The molecule has 0 radical (unpaired) electrons.